The predicted molar refractivity (Wildman–Crippen MR) is 125 cm³/mol. The van der Waals surface area contributed by atoms with E-state index in [0.717, 1.165) is 31.5 Å². The number of thiazole rings is 1. The van der Waals surface area contributed by atoms with Crippen molar-refractivity contribution in [1.82, 2.24) is 9.88 Å². The van der Waals surface area contributed by atoms with Gasteiger partial charge >= 0.3 is 0 Å². The summed E-state index contributed by atoms with van der Waals surface area (Å²) in [5.74, 6) is 0.0848. The fourth-order valence-corrected chi connectivity index (χ4v) is 6.38. The highest BCUT2D eigenvalue weighted by molar-refractivity contribution is 7.93. The molecule has 33 heavy (non-hydrogen) atoms. The lowest BCUT2D eigenvalue weighted by Crippen LogP contribution is -2.40. The van der Waals surface area contributed by atoms with Crippen LogP contribution in [-0.4, -0.2) is 49.9 Å². The quantitative estimate of drug-likeness (QED) is 0.575. The van der Waals surface area contributed by atoms with E-state index in [2.05, 4.69) is 14.6 Å². The second-order valence-corrected chi connectivity index (χ2v) is 10.8. The average Bonchev–Trinajstić information content (AvgIpc) is 3.56. The first-order valence-electron chi connectivity index (χ1n) is 10.7. The number of aromatic nitrogens is 1. The zero-order valence-corrected chi connectivity index (χ0v) is 19.4. The van der Waals surface area contributed by atoms with Gasteiger partial charge in [-0.2, -0.15) is 0 Å². The molecule has 2 saturated heterocycles. The molecular formula is C23H23FN4O3S2. The van der Waals surface area contributed by atoms with Crippen LogP contribution >= 0.6 is 11.3 Å². The molecule has 2 atom stereocenters. The van der Waals surface area contributed by atoms with E-state index in [0.29, 0.717) is 23.3 Å². The van der Waals surface area contributed by atoms with E-state index in [1.54, 1.807) is 22.4 Å². The number of anilines is 2. The van der Waals surface area contributed by atoms with E-state index < -0.39 is 10.0 Å². The molecule has 1 aromatic heterocycles. The molecule has 172 valence electrons. The van der Waals surface area contributed by atoms with Crippen LogP contribution < -0.4 is 9.62 Å². The molecule has 3 aromatic rings. The highest BCUT2D eigenvalue weighted by Crippen LogP contribution is 2.33. The van der Waals surface area contributed by atoms with Crippen LogP contribution in [0.5, 0.6) is 0 Å². The number of benzene rings is 2. The van der Waals surface area contributed by atoms with E-state index >= 15 is 0 Å². The number of sulfonamides is 1. The molecule has 7 nitrogen and oxygen atoms in total. The molecule has 0 aliphatic carbocycles. The van der Waals surface area contributed by atoms with Gasteiger partial charge in [-0.3, -0.25) is 14.4 Å². The van der Waals surface area contributed by atoms with Gasteiger partial charge in [-0.1, -0.05) is 12.1 Å². The molecule has 2 aliphatic heterocycles. The first-order valence-corrected chi connectivity index (χ1v) is 13.1. The molecule has 1 N–H and O–H groups in total. The number of carbonyl (C=O) groups is 1. The van der Waals surface area contributed by atoms with Crippen LogP contribution in [0, 0.1) is 5.82 Å². The Morgan fingerprint density at radius 1 is 1.03 bits per heavy atom. The van der Waals surface area contributed by atoms with Crippen molar-refractivity contribution in [1.29, 1.82) is 0 Å². The van der Waals surface area contributed by atoms with Gasteiger partial charge in [-0.05, 0) is 67.3 Å². The molecule has 0 spiro atoms. The maximum Gasteiger partial charge on any atom is 0.263 e. The fraction of sp³-hybridized carbons (Fsp3) is 0.304. The molecule has 2 aromatic carbocycles. The third-order valence-corrected chi connectivity index (χ3v) is 8.46. The maximum atomic E-state index is 13.2. The Morgan fingerprint density at radius 2 is 1.79 bits per heavy atom. The van der Waals surface area contributed by atoms with Crippen molar-refractivity contribution in [3.05, 3.63) is 71.5 Å². The number of likely N-dealkylation sites (tertiary alicyclic amines) is 1. The SMILES string of the molecule is O=C1C(N2CCC(c3ccc(F)cc3)C2)CCN1c1ccc(S(=O)(=O)Nc2nccs2)cc1. The van der Waals surface area contributed by atoms with Gasteiger partial charge in [0, 0.05) is 30.4 Å². The topological polar surface area (TPSA) is 82.6 Å². The minimum Gasteiger partial charge on any atom is -0.311 e. The summed E-state index contributed by atoms with van der Waals surface area (Å²) in [5.41, 5.74) is 1.79. The molecule has 1 amide bonds. The maximum absolute atomic E-state index is 13.2. The van der Waals surface area contributed by atoms with Crippen molar-refractivity contribution < 1.29 is 17.6 Å². The lowest BCUT2D eigenvalue weighted by Gasteiger charge is -2.23. The first kappa shape index (κ1) is 22.0. The molecular weight excluding hydrogens is 463 g/mol. The van der Waals surface area contributed by atoms with Crippen molar-refractivity contribution in [2.45, 2.75) is 29.7 Å². The first-order chi connectivity index (χ1) is 15.9. The van der Waals surface area contributed by atoms with Crippen LogP contribution in [0.25, 0.3) is 0 Å². The van der Waals surface area contributed by atoms with Gasteiger partial charge in [-0.15, -0.1) is 11.3 Å². The van der Waals surface area contributed by atoms with Gasteiger partial charge in [0.2, 0.25) is 5.91 Å². The molecule has 0 saturated carbocycles. The van der Waals surface area contributed by atoms with Crippen LogP contribution in [0.4, 0.5) is 15.2 Å². The normalized spacial score (nSPS) is 21.6. The Hall–Kier alpha value is -2.82. The summed E-state index contributed by atoms with van der Waals surface area (Å²) >= 11 is 1.20. The predicted octanol–water partition coefficient (Wildman–Crippen LogP) is 3.68. The van der Waals surface area contributed by atoms with E-state index in [9.17, 15) is 17.6 Å². The Kier molecular flexibility index (Phi) is 5.90. The van der Waals surface area contributed by atoms with Crippen LogP contribution in [-0.2, 0) is 14.8 Å². The number of nitrogens with one attached hydrogen (secondary N) is 1. The van der Waals surface area contributed by atoms with Crippen molar-refractivity contribution in [3.63, 3.8) is 0 Å². The third kappa shape index (κ3) is 4.50. The summed E-state index contributed by atoms with van der Waals surface area (Å²) < 4.78 is 40.7. The van der Waals surface area contributed by atoms with Gasteiger partial charge in [0.05, 0.1) is 10.9 Å². The Labute approximate surface area is 195 Å². The molecule has 2 aliphatic rings. The minimum atomic E-state index is -3.73. The van der Waals surface area contributed by atoms with Gasteiger partial charge in [0.15, 0.2) is 5.13 Å². The molecule has 10 heteroatoms. The highest BCUT2D eigenvalue weighted by Gasteiger charge is 2.39. The molecule has 5 rings (SSSR count). The van der Waals surface area contributed by atoms with Crippen molar-refractivity contribution >= 4 is 38.1 Å². The summed E-state index contributed by atoms with van der Waals surface area (Å²) in [4.78, 5) is 21.2. The number of hydrogen-bond acceptors (Lipinski definition) is 6. The van der Waals surface area contributed by atoms with Crippen LogP contribution in [0.15, 0.2) is 65.0 Å². The highest BCUT2D eigenvalue weighted by atomic mass is 32.2. The Bertz CT molecular complexity index is 1230. The van der Waals surface area contributed by atoms with Gasteiger partial charge < -0.3 is 4.90 Å². The lowest BCUT2D eigenvalue weighted by atomic mass is 9.98. The number of nitrogens with zero attached hydrogens (tertiary/aromatic N) is 3. The smallest absolute Gasteiger partial charge is 0.263 e. The van der Waals surface area contributed by atoms with Crippen molar-refractivity contribution in [2.75, 3.05) is 29.3 Å². The molecule has 0 bridgehead atoms. The van der Waals surface area contributed by atoms with Crippen LogP contribution in [0.1, 0.15) is 24.3 Å². The fourth-order valence-electron chi connectivity index (χ4n) is 4.59. The minimum absolute atomic E-state index is 0.0336. The second kappa shape index (κ2) is 8.85. The Balaban J connectivity index is 1.24. The zero-order chi connectivity index (χ0) is 23.0. The largest absolute Gasteiger partial charge is 0.311 e. The number of halogens is 1. The molecule has 3 heterocycles. The van der Waals surface area contributed by atoms with Gasteiger partial charge in [0.25, 0.3) is 10.0 Å². The number of carbonyl (C=O) groups excluding carboxylic acids is 1. The third-order valence-electron chi connectivity index (χ3n) is 6.29. The van der Waals surface area contributed by atoms with E-state index in [-0.39, 0.29) is 22.7 Å². The summed E-state index contributed by atoms with van der Waals surface area (Å²) in [7, 11) is -3.73. The molecule has 0 radical (unpaired) electrons. The molecule has 2 fully saturated rings. The summed E-state index contributed by atoms with van der Waals surface area (Å²) in [5, 5.41) is 2.00. The lowest BCUT2D eigenvalue weighted by molar-refractivity contribution is -0.121. The van der Waals surface area contributed by atoms with E-state index in [1.807, 2.05) is 12.1 Å². The standard InChI is InChI=1S/C23H23FN4O3S2/c24-18-3-1-16(2-4-18)17-9-12-27(15-17)21-10-13-28(22(21)29)19-5-7-20(8-6-19)33(30,31)26-23-25-11-14-32-23/h1-8,11,14,17,21H,9-10,12-13,15H2,(H,25,26). The molecule has 2 unspecified atom stereocenters. The monoisotopic (exact) mass is 486 g/mol. The van der Waals surface area contributed by atoms with Gasteiger partial charge in [0.1, 0.15) is 5.82 Å². The van der Waals surface area contributed by atoms with Crippen LogP contribution in [0.2, 0.25) is 0 Å². The van der Waals surface area contributed by atoms with Crippen molar-refractivity contribution in [2.24, 2.45) is 0 Å². The zero-order valence-electron chi connectivity index (χ0n) is 17.7. The van der Waals surface area contributed by atoms with E-state index in [1.165, 1.54) is 41.8 Å². The van der Waals surface area contributed by atoms with Crippen molar-refractivity contribution in [3.8, 4) is 0 Å². The summed E-state index contributed by atoms with van der Waals surface area (Å²) in [6.45, 7) is 2.19. The average molecular weight is 487 g/mol. The number of amides is 1. The summed E-state index contributed by atoms with van der Waals surface area (Å²) in [6.07, 6.45) is 3.19. The Morgan fingerprint density at radius 3 is 2.48 bits per heavy atom. The van der Waals surface area contributed by atoms with Gasteiger partial charge in [-0.25, -0.2) is 17.8 Å². The number of hydrogen-bond donors (Lipinski definition) is 1. The van der Waals surface area contributed by atoms with E-state index in [4.69, 9.17) is 0 Å². The summed E-state index contributed by atoms with van der Waals surface area (Å²) in [6, 6.07) is 12.8. The van der Waals surface area contributed by atoms with Crippen LogP contribution in [0.3, 0.4) is 0 Å². The second-order valence-electron chi connectivity index (χ2n) is 8.26. The number of rotatable bonds is 6.